The summed E-state index contributed by atoms with van der Waals surface area (Å²) in [6, 6.07) is 1.08. The molecule has 2 saturated heterocycles. The number of phosphoric acid groups is 3. The van der Waals surface area contributed by atoms with Gasteiger partial charge in [0.15, 0.2) is 6.23 Å². The number of hydrogen-bond acceptors (Lipinski definition) is 10. The summed E-state index contributed by atoms with van der Waals surface area (Å²) < 4.78 is 57.8. The van der Waals surface area contributed by atoms with E-state index in [1.165, 1.54) is 6.20 Å². The summed E-state index contributed by atoms with van der Waals surface area (Å²) in [5.41, 5.74) is -2.74. The van der Waals surface area contributed by atoms with Gasteiger partial charge in [-0.05, 0) is 0 Å². The van der Waals surface area contributed by atoms with E-state index in [4.69, 9.17) is 24.2 Å². The number of ether oxygens (including phenoxy) is 2. The molecule has 29 heavy (non-hydrogen) atoms. The normalized spacial score (nSPS) is 30.8. The van der Waals surface area contributed by atoms with Crippen LogP contribution in [0.3, 0.4) is 0 Å². The van der Waals surface area contributed by atoms with E-state index in [1.54, 1.807) is 0 Å². The number of aromatic amines is 1. The Morgan fingerprint density at radius 3 is 2.48 bits per heavy atom. The van der Waals surface area contributed by atoms with Gasteiger partial charge in [0.25, 0.3) is 5.56 Å². The highest BCUT2D eigenvalue weighted by Gasteiger charge is 2.55. The Balaban J connectivity index is 1.67. The third-order valence-electron chi connectivity index (χ3n) is 3.85. The highest BCUT2D eigenvalue weighted by atomic mass is 31.3. The fourth-order valence-electron chi connectivity index (χ4n) is 2.84. The van der Waals surface area contributed by atoms with Gasteiger partial charge in [-0.1, -0.05) is 0 Å². The third kappa shape index (κ3) is 5.58. The minimum absolute atomic E-state index is 0.0962. The molecule has 0 amide bonds. The van der Waals surface area contributed by atoms with Crippen molar-refractivity contribution in [3.8, 4) is 0 Å². The molecule has 0 aliphatic carbocycles. The molecule has 0 radical (unpaired) electrons. The predicted octanol–water partition coefficient (Wildman–Crippen LogP) is -1.06. The Kier molecular flexibility index (Phi) is 5.95. The summed E-state index contributed by atoms with van der Waals surface area (Å²) in [5.74, 6) is 0. The molecule has 2 bridgehead atoms. The molecule has 2 aliphatic rings. The summed E-state index contributed by atoms with van der Waals surface area (Å²) in [4.78, 5) is 60.7. The Morgan fingerprint density at radius 1 is 1.17 bits per heavy atom. The van der Waals surface area contributed by atoms with E-state index >= 15 is 0 Å². The van der Waals surface area contributed by atoms with Crippen LogP contribution < -0.4 is 11.2 Å². The van der Waals surface area contributed by atoms with E-state index in [2.05, 4.69) is 13.1 Å². The zero-order valence-corrected chi connectivity index (χ0v) is 16.8. The SMILES string of the molecule is O=c1ccn([C@@H]2O[C@@]3(COP(=O)(O)OP(=O)(O)OP(=O)(O)O)CO[C@@H]2C3)c(=O)[nH]1. The van der Waals surface area contributed by atoms with Gasteiger partial charge in [0.2, 0.25) is 0 Å². The van der Waals surface area contributed by atoms with E-state index in [9.17, 15) is 28.2 Å². The van der Waals surface area contributed by atoms with E-state index < -0.39 is 59.3 Å². The second kappa shape index (κ2) is 7.61. The van der Waals surface area contributed by atoms with Crippen molar-refractivity contribution in [1.82, 2.24) is 9.55 Å². The van der Waals surface area contributed by atoms with Gasteiger partial charge in [0, 0.05) is 18.7 Å². The predicted molar refractivity (Wildman–Crippen MR) is 88.3 cm³/mol. The first-order valence-electron chi connectivity index (χ1n) is 7.59. The number of H-pyrrole nitrogens is 1. The van der Waals surface area contributed by atoms with Crippen LogP contribution in [0.4, 0.5) is 0 Å². The second-order valence-corrected chi connectivity index (χ2v) is 10.5. The number of nitrogens with zero attached hydrogens (tertiary/aromatic N) is 1. The lowest BCUT2D eigenvalue weighted by atomic mass is 10.0. The van der Waals surface area contributed by atoms with Crippen LogP contribution in [-0.2, 0) is 36.3 Å². The summed E-state index contributed by atoms with van der Waals surface area (Å²) in [6.45, 7) is -0.830. The number of nitrogens with one attached hydrogen (secondary N) is 1. The van der Waals surface area contributed by atoms with Crippen molar-refractivity contribution in [2.75, 3.05) is 13.2 Å². The summed E-state index contributed by atoms with van der Waals surface area (Å²) in [6.07, 6.45) is -0.383. The maximum absolute atomic E-state index is 11.9. The summed E-state index contributed by atoms with van der Waals surface area (Å²) in [7, 11) is -16.5. The smallest absolute Gasteiger partial charge is 0.370 e. The van der Waals surface area contributed by atoms with Crippen LogP contribution in [0.15, 0.2) is 21.9 Å². The molecule has 1 aromatic heterocycles. The van der Waals surface area contributed by atoms with Crippen LogP contribution in [-0.4, -0.2) is 54.0 Å². The van der Waals surface area contributed by atoms with Gasteiger partial charge in [-0.15, -0.1) is 0 Å². The number of hydrogen-bond donors (Lipinski definition) is 5. The van der Waals surface area contributed by atoms with E-state index in [1.807, 2.05) is 4.98 Å². The van der Waals surface area contributed by atoms with Crippen LogP contribution in [0.5, 0.6) is 0 Å². The van der Waals surface area contributed by atoms with Crippen LogP contribution in [0.25, 0.3) is 0 Å². The number of phosphoric ester groups is 1. The van der Waals surface area contributed by atoms with Crippen LogP contribution >= 0.6 is 23.5 Å². The van der Waals surface area contributed by atoms with E-state index in [0.29, 0.717) is 0 Å². The van der Waals surface area contributed by atoms with Crippen molar-refractivity contribution in [2.45, 2.75) is 24.4 Å². The molecule has 5 atom stereocenters. The van der Waals surface area contributed by atoms with E-state index in [0.717, 1.165) is 10.6 Å². The molecule has 1 aromatic rings. The van der Waals surface area contributed by atoms with Crippen molar-refractivity contribution in [3.05, 3.63) is 33.1 Å². The largest absolute Gasteiger partial charge is 0.490 e. The highest BCUT2D eigenvalue weighted by molar-refractivity contribution is 7.66. The van der Waals surface area contributed by atoms with Gasteiger partial charge in [-0.3, -0.25) is 18.9 Å². The molecule has 19 heteroatoms. The quantitative estimate of drug-likeness (QED) is 0.279. The molecule has 2 unspecified atom stereocenters. The standard InChI is InChI=1S/C10H15N2O14P3/c13-7-1-2-12(9(14)11-7)8-6-3-10(24-8,4-22-6)5-23-28(18,19)26-29(20,21)25-27(15,16)17/h1-2,6,8H,3-5H2,(H,18,19)(H,20,21)(H,11,13,14)(H2,15,16,17)/t6-,8-,10-/m1/s1. The molecule has 3 heterocycles. The zero-order valence-electron chi connectivity index (χ0n) is 14.1. The Morgan fingerprint density at radius 2 is 1.86 bits per heavy atom. The number of fused-ring (bicyclic) bond motifs is 2. The highest BCUT2D eigenvalue weighted by Crippen LogP contribution is 2.66. The zero-order chi connectivity index (χ0) is 21.7. The van der Waals surface area contributed by atoms with Crippen molar-refractivity contribution >= 4 is 23.5 Å². The fourth-order valence-corrected chi connectivity index (χ4v) is 5.93. The fraction of sp³-hybridized carbons (Fsp3) is 0.600. The Labute approximate surface area is 160 Å². The summed E-state index contributed by atoms with van der Waals surface area (Å²) >= 11 is 0. The average Bonchev–Trinajstić information content (AvgIpc) is 3.08. The lowest BCUT2D eigenvalue weighted by molar-refractivity contribution is -0.183. The molecule has 0 saturated carbocycles. The first kappa shape index (κ1) is 22.7. The monoisotopic (exact) mass is 480 g/mol. The molecule has 2 aliphatic heterocycles. The van der Waals surface area contributed by atoms with E-state index in [-0.39, 0.29) is 13.0 Å². The first-order valence-corrected chi connectivity index (χ1v) is 12.1. The van der Waals surface area contributed by atoms with Gasteiger partial charge in [0.05, 0.1) is 13.2 Å². The molecule has 2 fully saturated rings. The molecule has 0 spiro atoms. The van der Waals surface area contributed by atoms with Crippen molar-refractivity contribution < 1.29 is 55.9 Å². The Bertz CT molecular complexity index is 1040. The lowest BCUT2D eigenvalue weighted by Crippen LogP contribution is -2.42. The average molecular weight is 480 g/mol. The maximum Gasteiger partial charge on any atom is 0.490 e. The van der Waals surface area contributed by atoms with Crippen LogP contribution in [0, 0.1) is 0 Å². The van der Waals surface area contributed by atoms with Gasteiger partial charge in [-0.2, -0.15) is 8.62 Å². The van der Waals surface area contributed by atoms with Crippen LogP contribution in [0.2, 0.25) is 0 Å². The third-order valence-corrected chi connectivity index (χ3v) is 7.64. The lowest BCUT2D eigenvalue weighted by Gasteiger charge is -2.31. The molecule has 5 N–H and O–H groups in total. The van der Waals surface area contributed by atoms with Crippen LogP contribution in [0.1, 0.15) is 12.6 Å². The maximum atomic E-state index is 11.9. The molecule has 0 aromatic carbocycles. The molecule has 16 nitrogen and oxygen atoms in total. The number of rotatable bonds is 8. The molecule has 3 rings (SSSR count). The summed E-state index contributed by atoms with van der Waals surface area (Å²) in [5, 5.41) is 0. The Hall–Kier alpha value is -0.990. The molecule has 164 valence electrons. The second-order valence-electron chi connectivity index (χ2n) is 6.13. The van der Waals surface area contributed by atoms with Crippen molar-refractivity contribution in [2.24, 2.45) is 0 Å². The minimum atomic E-state index is -5.64. The van der Waals surface area contributed by atoms with Gasteiger partial charge >= 0.3 is 29.2 Å². The molecular weight excluding hydrogens is 465 g/mol. The van der Waals surface area contributed by atoms with Gasteiger partial charge < -0.3 is 29.0 Å². The first-order chi connectivity index (χ1) is 13.2. The van der Waals surface area contributed by atoms with Gasteiger partial charge in [0.1, 0.15) is 11.7 Å². The van der Waals surface area contributed by atoms with Crippen molar-refractivity contribution in [1.29, 1.82) is 0 Å². The topological polar surface area (TPSA) is 233 Å². The molecular formula is C10H15N2O14P3. The number of aromatic nitrogens is 2. The van der Waals surface area contributed by atoms with Gasteiger partial charge in [-0.25, -0.2) is 18.5 Å². The minimum Gasteiger partial charge on any atom is -0.370 e. The van der Waals surface area contributed by atoms with Crippen molar-refractivity contribution in [3.63, 3.8) is 0 Å².